The van der Waals surface area contributed by atoms with E-state index in [4.69, 9.17) is 5.73 Å². The zero-order valence-corrected chi connectivity index (χ0v) is 11.3. The maximum Gasteiger partial charge on any atom is 0.0470 e. The topological polar surface area (TPSA) is 30.9 Å². The van der Waals surface area contributed by atoms with Crippen LogP contribution in [0.25, 0.3) is 0 Å². The quantitative estimate of drug-likeness (QED) is 0.854. The molecule has 1 aromatic heterocycles. The number of nitrogens with zero attached hydrogens (tertiary/aromatic N) is 1. The fourth-order valence-electron chi connectivity index (χ4n) is 2.10. The van der Waals surface area contributed by atoms with E-state index >= 15 is 0 Å². The maximum atomic E-state index is 6.03. The van der Waals surface area contributed by atoms with Gasteiger partial charge in [0.2, 0.25) is 0 Å². The molecule has 0 amide bonds. The molecule has 2 nitrogen and oxygen atoms in total. The van der Waals surface area contributed by atoms with Gasteiger partial charge in [-0.2, -0.15) is 0 Å². The van der Waals surface area contributed by atoms with Gasteiger partial charge in [-0.25, -0.2) is 0 Å². The van der Waals surface area contributed by atoms with Gasteiger partial charge < -0.3 is 10.3 Å². The molecule has 2 rings (SSSR count). The average molecular weight is 242 g/mol. The molecule has 2 N–H and O–H groups in total. The van der Waals surface area contributed by atoms with Gasteiger partial charge in [0.15, 0.2) is 0 Å². The molecule has 0 aliphatic rings. The van der Waals surface area contributed by atoms with Crippen LogP contribution in [-0.4, -0.2) is 4.57 Å². The second-order valence-electron chi connectivity index (χ2n) is 4.80. The molecule has 0 fully saturated rings. The largest absolute Gasteiger partial charge is 0.350 e. The monoisotopic (exact) mass is 242 g/mol. The normalized spacial score (nSPS) is 12.6. The van der Waals surface area contributed by atoms with Gasteiger partial charge in [0.05, 0.1) is 0 Å². The van der Waals surface area contributed by atoms with Gasteiger partial charge in [0.1, 0.15) is 0 Å². The van der Waals surface area contributed by atoms with Crippen molar-refractivity contribution in [2.75, 3.05) is 0 Å². The molecule has 0 bridgehead atoms. The third-order valence-electron chi connectivity index (χ3n) is 3.44. The molecule has 1 atom stereocenters. The maximum absolute atomic E-state index is 6.03. The van der Waals surface area contributed by atoms with Gasteiger partial charge in [0.25, 0.3) is 0 Å². The van der Waals surface area contributed by atoms with E-state index in [1.807, 2.05) is 0 Å². The van der Waals surface area contributed by atoms with Crippen molar-refractivity contribution in [1.82, 2.24) is 4.57 Å². The predicted molar refractivity (Wildman–Crippen MR) is 76.6 cm³/mol. The summed E-state index contributed by atoms with van der Waals surface area (Å²) in [7, 11) is 0. The molecular formula is C16H22N2. The minimum absolute atomic E-state index is 0.161. The SMILES string of the molecule is CCc1ccc(Cn2ccc(C(N)CC)c2)cc1. The van der Waals surface area contributed by atoms with Crippen LogP contribution in [0, 0.1) is 0 Å². The molecule has 0 radical (unpaired) electrons. The van der Waals surface area contributed by atoms with Crippen molar-refractivity contribution in [3.8, 4) is 0 Å². The van der Waals surface area contributed by atoms with Crippen LogP contribution in [0.3, 0.4) is 0 Å². The zero-order chi connectivity index (χ0) is 13.0. The van der Waals surface area contributed by atoms with Gasteiger partial charge in [-0.15, -0.1) is 0 Å². The molecule has 0 aliphatic heterocycles. The molecule has 1 heterocycles. The summed E-state index contributed by atoms with van der Waals surface area (Å²) in [5, 5.41) is 0. The molecule has 1 unspecified atom stereocenters. The van der Waals surface area contributed by atoms with Crippen molar-refractivity contribution >= 4 is 0 Å². The highest BCUT2D eigenvalue weighted by atomic mass is 14.9. The number of aryl methyl sites for hydroxylation is 1. The number of nitrogens with two attached hydrogens (primary N) is 1. The lowest BCUT2D eigenvalue weighted by Crippen LogP contribution is -2.07. The first-order valence-corrected chi connectivity index (χ1v) is 6.72. The van der Waals surface area contributed by atoms with Crippen molar-refractivity contribution in [2.45, 2.75) is 39.3 Å². The van der Waals surface area contributed by atoms with Gasteiger partial charge in [-0.1, -0.05) is 38.1 Å². The summed E-state index contributed by atoms with van der Waals surface area (Å²) in [4.78, 5) is 0. The van der Waals surface area contributed by atoms with E-state index in [-0.39, 0.29) is 6.04 Å². The van der Waals surface area contributed by atoms with Crippen molar-refractivity contribution in [1.29, 1.82) is 0 Å². The van der Waals surface area contributed by atoms with Gasteiger partial charge in [0, 0.05) is 25.0 Å². The second-order valence-corrected chi connectivity index (χ2v) is 4.80. The third kappa shape index (κ3) is 3.02. The minimum atomic E-state index is 0.161. The lowest BCUT2D eigenvalue weighted by molar-refractivity contribution is 0.693. The van der Waals surface area contributed by atoms with Crippen LogP contribution in [0.2, 0.25) is 0 Å². The van der Waals surface area contributed by atoms with Crippen molar-refractivity contribution in [2.24, 2.45) is 5.73 Å². The first kappa shape index (κ1) is 12.9. The Morgan fingerprint density at radius 1 is 1.06 bits per heavy atom. The molecule has 2 heteroatoms. The standard InChI is InChI=1S/C16H22N2/c1-3-13-5-7-14(8-6-13)11-18-10-9-15(12-18)16(17)4-2/h5-10,12,16H,3-4,11,17H2,1-2H3. The van der Waals surface area contributed by atoms with Gasteiger partial charge >= 0.3 is 0 Å². The second kappa shape index (κ2) is 5.87. The van der Waals surface area contributed by atoms with E-state index in [2.05, 4.69) is 61.1 Å². The summed E-state index contributed by atoms with van der Waals surface area (Å²) in [6.07, 6.45) is 6.34. The van der Waals surface area contributed by atoms with E-state index in [1.165, 1.54) is 16.7 Å². The summed E-state index contributed by atoms with van der Waals surface area (Å²) in [6.45, 7) is 5.21. The molecule has 0 spiro atoms. The Bertz CT molecular complexity index is 482. The van der Waals surface area contributed by atoms with Gasteiger partial charge in [-0.3, -0.25) is 0 Å². The van der Waals surface area contributed by atoms with Crippen LogP contribution in [-0.2, 0) is 13.0 Å². The fraction of sp³-hybridized carbons (Fsp3) is 0.375. The minimum Gasteiger partial charge on any atom is -0.350 e. The van der Waals surface area contributed by atoms with Crippen molar-refractivity contribution < 1.29 is 0 Å². The first-order valence-electron chi connectivity index (χ1n) is 6.72. The van der Waals surface area contributed by atoms with Crippen LogP contribution < -0.4 is 5.73 Å². The summed E-state index contributed by atoms with van der Waals surface area (Å²) >= 11 is 0. The van der Waals surface area contributed by atoms with Crippen molar-refractivity contribution in [3.05, 3.63) is 59.4 Å². The number of aromatic nitrogens is 1. The lowest BCUT2D eigenvalue weighted by Gasteiger charge is -2.06. The van der Waals surface area contributed by atoms with Crippen LogP contribution in [0.4, 0.5) is 0 Å². The summed E-state index contributed by atoms with van der Waals surface area (Å²) in [5.41, 5.74) is 9.97. The van der Waals surface area contributed by atoms with Crippen LogP contribution in [0.15, 0.2) is 42.7 Å². The van der Waals surface area contributed by atoms with Crippen LogP contribution >= 0.6 is 0 Å². The Labute approximate surface area is 109 Å². The number of hydrogen-bond acceptors (Lipinski definition) is 1. The summed E-state index contributed by atoms with van der Waals surface area (Å²) in [5.74, 6) is 0. The molecule has 96 valence electrons. The molecule has 0 saturated heterocycles. The number of benzene rings is 1. The highest BCUT2D eigenvalue weighted by molar-refractivity contribution is 5.23. The summed E-state index contributed by atoms with van der Waals surface area (Å²) in [6, 6.07) is 11.1. The van der Waals surface area contributed by atoms with Crippen LogP contribution in [0.5, 0.6) is 0 Å². The Balaban J connectivity index is 2.06. The molecule has 0 aliphatic carbocycles. The highest BCUT2D eigenvalue weighted by Gasteiger charge is 2.05. The smallest absolute Gasteiger partial charge is 0.0470 e. The molecule has 1 aromatic carbocycles. The van der Waals surface area contributed by atoms with E-state index in [0.717, 1.165) is 19.4 Å². The highest BCUT2D eigenvalue weighted by Crippen LogP contribution is 2.15. The van der Waals surface area contributed by atoms with Crippen LogP contribution in [0.1, 0.15) is 43.0 Å². The van der Waals surface area contributed by atoms with E-state index in [0.29, 0.717) is 0 Å². The Kier molecular flexibility index (Phi) is 4.21. The summed E-state index contributed by atoms with van der Waals surface area (Å²) < 4.78 is 2.20. The number of hydrogen-bond donors (Lipinski definition) is 1. The Morgan fingerprint density at radius 2 is 1.72 bits per heavy atom. The first-order chi connectivity index (χ1) is 8.72. The third-order valence-corrected chi connectivity index (χ3v) is 3.44. The Morgan fingerprint density at radius 3 is 2.33 bits per heavy atom. The average Bonchev–Trinajstić information content (AvgIpc) is 2.87. The fourth-order valence-corrected chi connectivity index (χ4v) is 2.10. The molecule has 0 saturated carbocycles. The number of rotatable bonds is 5. The predicted octanol–water partition coefficient (Wildman–Crippen LogP) is 3.51. The van der Waals surface area contributed by atoms with E-state index < -0.39 is 0 Å². The zero-order valence-electron chi connectivity index (χ0n) is 11.3. The lowest BCUT2D eigenvalue weighted by atomic mass is 10.1. The molecular weight excluding hydrogens is 220 g/mol. The van der Waals surface area contributed by atoms with Gasteiger partial charge in [-0.05, 0) is 35.6 Å². The molecule has 18 heavy (non-hydrogen) atoms. The van der Waals surface area contributed by atoms with Crippen molar-refractivity contribution in [3.63, 3.8) is 0 Å². The van der Waals surface area contributed by atoms with E-state index in [1.54, 1.807) is 0 Å². The van der Waals surface area contributed by atoms with E-state index in [9.17, 15) is 0 Å². The Hall–Kier alpha value is -1.54. The molecule has 2 aromatic rings.